The summed E-state index contributed by atoms with van der Waals surface area (Å²) >= 11 is 0. The molecule has 7 nitrogen and oxygen atoms in total. The van der Waals surface area contributed by atoms with Crippen molar-refractivity contribution in [2.45, 2.75) is 123 Å². The molecule has 1 rings (SSSR count). The van der Waals surface area contributed by atoms with E-state index in [-0.39, 0.29) is 13.2 Å². The SMILES string of the molecule is CCCCCCCCC=CCCCCCCCC1=[N+](CCO)C(CC)CN1.CCOS(=O)(=O)[O-]. The monoisotopic (exact) mass is 504 g/mol. The van der Waals surface area contributed by atoms with Gasteiger partial charge in [-0.3, -0.25) is 14.1 Å². The van der Waals surface area contributed by atoms with Crippen molar-refractivity contribution < 1.29 is 26.8 Å². The predicted octanol–water partition coefficient (Wildman–Crippen LogP) is 5.29. The number of hydrogen-bond donors (Lipinski definition) is 2. The van der Waals surface area contributed by atoms with Crippen molar-refractivity contribution in [2.75, 3.05) is 26.3 Å². The van der Waals surface area contributed by atoms with Crippen LogP contribution in [0.1, 0.15) is 117 Å². The summed E-state index contributed by atoms with van der Waals surface area (Å²) in [6.45, 7) is 7.95. The molecule has 1 aliphatic rings. The minimum Gasteiger partial charge on any atom is -0.726 e. The molecule has 34 heavy (non-hydrogen) atoms. The minimum atomic E-state index is -4.42. The highest BCUT2D eigenvalue weighted by Gasteiger charge is 2.28. The molecule has 2 N–H and O–H groups in total. The summed E-state index contributed by atoms with van der Waals surface area (Å²) in [4.78, 5) is 0. The van der Waals surface area contributed by atoms with Crippen LogP contribution in [0.25, 0.3) is 0 Å². The minimum absolute atomic E-state index is 0.0914. The zero-order chi connectivity index (χ0) is 25.5. The Morgan fingerprint density at radius 3 is 2.00 bits per heavy atom. The highest BCUT2D eigenvalue weighted by atomic mass is 32.3. The maximum atomic E-state index is 9.45. The van der Waals surface area contributed by atoms with E-state index in [4.69, 9.17) is 0 Å². The maximum absolute atomic E-state index is 9.45. The molecule has 0 aromatic heterocycles. The number of nitrogens with zero attached hydrogens (tertiary/aromatic N) is 1. The van der Waals surface area contributed by atoms with E-state index in [0.717, 1.165) is 25.9 Å². The quantitative estimate of drug-likeness (QED) is 0.0768. The van der Waals surface area contributed by atoms with E-state index in [9.17, 15) is 18.1 Å². The largest absolute Gasteiger partial charge is 0.726 e. The van der Waals surface area contributed by atoms with E-state index in [1.807, 2.05) is 0 Å². The third-order valence-corrected chi connectivity index (χ3v) is 6.60. The first-order chi connectivity index (χ1) is 16.4. The number of aliphatic hydroxyl groups excluding tert-OH is 1. The van der Waals surface area contributed by atoms with Crippen molar-refractivity contribution in [1.82, 2.24) is 5.32 Å². The predicted molar refractivity (Wildman–Crippen MR) is 140 cm³/mol. The molecule has 202 valence electrons. The molecule has 1 heterocycles. The fourth-order valence-electron chi connectivity index (χ4n) is 4.20. The number of unbranched alkanes of at least 4 members (excludes halogenated alkanes) is 11. The first-order valence-corrected chi connectivity index (χ1v) is 14.9. The lowest BCUT2D eigenvalue weighted by atomic mass is 10.1. The van der Waals surface area contributed by atoms with Crippen LogP contribution in [0, 0.1) is 0 Å². The Bertz CT molecular complexity index is 635. The molecule has 0 aromatic rings. The summed E-state index contributed by atoms with van der Waals surface area (Å²) in [5.74, 6) is 1.37. The van der Waals surface area contributed by atoms with Crippen LogP contribution in [0.5, 0.6) is 0 Å². The molecule has 0 aliphatic carbocycles. The van der Waals surface area contributed by atoms with Gasteiger partial charge in [-0.25, -0.2) is 8.42 Å². The third-order valence-electron chi connectivity index (χ3n) is 6.08. The Hall–Kier alpha value is -0.960. The summed E-state index contributed by atoms with van der Waals surface area (Å²) in [7, 11) is -4.42. The standard InChI is InChI=1S/C24H46N2O.C2H6O4S/c1-3-5-6-7-8-9-10-11-12-13-14-15-16-17-18-19-24-25-22-23(4-2)26(24)20-21-27;1-2-6-7(3,4)5/h11-12,23,27H,3-10,13-22H2,1-2H3;2H2,1H3,(H,3,4,5). The van der Waals surface area contributed by atoms with Gasteiger partial charge in [-0.2, -0.15) is 0 Å². The molecule has 0 saturated heterocycles. The Labute approximate surface area is 210 Å². The number of rotatable bonds is 20. The lowest BCUT2D eigenvalue weighted by Crippen LogP contribution is -2.28. The van der Waals surface area contributed by atoms with Crippen LogP contribution in [0.15, 0.2) is 12.2 Å². The zero-order valence-corrected chi connectivity index (χ0v) is 22.9. The molecule has 0 radical (unpaired) electrons. The molecule has 0 saturated carbocycles. The summed E-state index contributed by atoms with van der Waals surface area (Å²) in [5, 5.41) is 12.8. The number of allylic oxidation sites excluding steroid dienone is 2. The van der Waals surface area contributed by atoms with Gasteiger partial charge in [-0.1, -0.05) is 77.4 Å². The third kappa shape index (κ3) is 19.4. The fraction of sp³-hybridized carbons (Fsp3) is 0.885. The van der Waals surface area contributed by atoms with Crippen LogP contribution in [-0.2, 0) is 14.6 Å². The second kappa shape index (κ2) is 22.5. The van der Waals surface area contributed by atoms with Gasteiger partial charge in [0, 0.05) is 6.42 Å². The van der Waals surface area contributed by atoms with Crippen molar-refractivity contribution in [3.05, 3.63) is 12.2 Å². The molecule has 0 aromatic carbocycles. The second-order valence-electron chi connectivity index (χ2n) is 8.96. The van der Waals surface area contributed by atoms with Crippen molar-refractivity contribution in [3.63, 3.8) is 0 Å². The first kappa shape index (κ1) is 33.0. The molecule has 0 bridgehead atoms. The van der Waals surface area contributed by atoms with E-state index >= 15 is 0 Å². The number of aliphatic hydroxyl groups is 1. The molecule has 0 spiro atoms. The van der Waals surface area contributed by atoms with Crippen molar-refractivity contribution in [2.24, 2.45) is 0 Å². The number of β-amino-alcohol motifs (C(OH)–C–C–N with tert-alkyl or cyclic N) is 1. The average molecular weight is 505 g/mol. The van der Waals surface area contributed by atoms with Gasteiger partial charge in [0.1, 0.15) is 19.1 Å². The van der Waals surface area contributed by atoms with Gasteiger partial charge in [0.15, 0.2) is 0 Å². The lowest BCUT2D eigenvalue weighted by molar-refractivity contribution is -0.558. The lowest BCUT2D eigenvalue weighted by Gasteiger charge is -2.09. The fourth-order valence-corrected chi connectivity index (χ4v) is 4.49. The smallest absolute Gasteiger partial charge is 0.245 e. The topological polar surface area (TPSA) is 102 Å². The molecule has 1 unspecified atom stereocenters. The van der Waals surface area contributed by atoms with Crippen LogP contribution in [-0.4, -0.2) is 60.8 Å². The number of nitrogens with one attached hydrogen (secondary N) is 1. The van der Waals surface area contributed by atoms with Gasteiger partial charge in [0.25, 0.3) is 0 Å². The van der Waals surface area contributed by atoms with Gasteiger partial charge in [0.05, 0.1) is 13.2 Å². The number of hydrogen-bond acceptors (Lipinski definition) is 6. The van der Waals surface area contributed by atoms with Gasteiger partial charge in [-0.15, -0.1) is 0 Å². The van der Waals surface area contributed by atoms with E-state index in [2.05, 4.69) is 40.1 Å². The van der Waals surface area contributed by atoms with Gasteiger partial charge >= 0.3 is 0 Å². The Balaban J connectivity index is 0.00000135. The first-order valence-electron chi connectivity index (χ1n) is 13.6. The van der Waals surface area contributed by atoms with Gasteiger partial charge in [0.2, 0.25) is 16.2 Å². The van der Waals surface area contributed by atoms with E-state index in [0.29, 0.717) is 6.04 Å². The normalized spacial score (nSPS) is 16.1. The molecule has 1 atom stereocenters. The van der Waals surface area contributed by atoms with Crippen molar-refractivity contribution in [1.29, 1.82) is 0 Å². The molecule has 0 amide bonds. The molecular formula is C26H52N2O5S. The molecule has 8 heteroatoms. The van der Waals surface area contributed by atoms with Crippen LogP contribution in [0.3, 0.4) is 0 Å². The molecule has 0 fully saturated rings. The van der Waals surface area contributed by atoms with Gasteiger partial charge < -0.3 is 9.66 Å². The van der Waals surface area contributed by atoms with Crippen LogP contribution in [0.2, 0.25) is 0 Å². The molecule has 1 aliphatic heterocycles. The second-order valence-corrected chi connectivity index (χ2v) is 10.0. The number of amidine groups is 1. The van der Waals surface area contributed by atoms with Crippen molar-refractivity contribution in [3.8, 4) is 0 Å². The van der Waals surface area contributed by atoms with E-state index in [1.54, 1.807) is 0 Å². The Morgan fingerprint density at radius 1 is 0.971 bits per heavy atom. The highest BCUT2D eigenvalue weighted by Crippen LogP contribution is 2.12. The van der Waals surface area contributed by atoms with Crippen molar-refractivity contribution >= 4 is 16.2 Å². The van der Waals surface area contributed by atoms with Crippen LogP contribution < -0.4 is 5.32 Å². The summed E-state index contributed by atoms with van der Waals surface area (Å²) in [6, 6.07) is 0.579. The zero-order valence-electron chi connectivity index (χ0n) is 22.1. The summed E-state index contributed by atoms with van der Waals surface area (Å²) in [6.07, 6.45) is 24.7. The summed E-state index contributed by atoms with van der Waals surface area (Å²) in [5.41, 5.74) is 0. The highest BCUT2D eigenvalue weighted by molar-refractivity contribution is 7.80. The summed E-state index contributed by atoms with van der Waals surface area (Å²) < 4.78 is 34.4. The maximum Gasteiger partial charge on any atom is 0.245 e. The Kier molecular flexibility index (Phi) is 21.9. The van der Waals surface area contributed by atoms with Gasteiger partial charge in [-0.05, 0) is 45.4 Å². The van der Waals surface area contributed by atoms with Crippen LogP contribution >= 0.6 is 0 Å². The average Bonchev–Trinajstić information content (AvgIpc) is 3.18. The van der Waals surface area contributed by atoms with Crippen LogP contribution in [0.4, 0.5) is 0 Å². The molecular weight excluding hydrogens is 452 g/mol. The Morgan fingerprint density at radius 2 is 1.53 bits per heavy atom. The van der Waals surface area contributed by atoms with E-state index in [1.165, 1.54) is 96.2 Å². The van der Waals surface area contributed by atoms with E-state index < -0.39 is 10.4 Å².